The molecule has 3 aromatic carbocycles. The standard InChI is InChI=1S/C32H33N3O6S/c1-42-24-12-9-21(10-13-24)30(39)26(19-36)33-31(40)22-11-14-27-28(17-22)34(16-15-29(37)38)32(41)35(27)18-23-7-4-6-20-5-2-3-8-25(20)23/h2-9,11-14,17,21,26,30,36,39H,10,15-16,18-19H2,1H3,(H,33,40)(H,37,38)/t21?,26?,30-/m0/s1. The average molecular weight is 588 g/mol. The second-order valence-corrected chi connectivity index (χ2v) is 11.2. The van der Waals surface area contributed by atoms with Gasteiger partial charge in [-0.2, -0.15) is 0 Å². The third kappa shape index (κ3) is 6.06. The molecule has 0 saturated carbocycles. The number of carboxylic acids is 1. The van der Waals surface area contributed by atoms with E-state index in [4.69, 9.17) is 0 Å². The van der Waals surface area contributed by atoms with Crippen LogP contribution < -0.4 is 11.0 Å². The predicted octanol–water partition coefficient (Wildman–Crippen LogP) is 3.75. The molecule has 9 nitrogen and oxygen atoms in total. The molecule has 2 unspecified atom stereocenters. The normalized spacial score (nSPS) is 16.4. The van der Waals surface area contributed by atoms with Crippen LogP contribution in [0.1, 0.15) is 28.8 Å². The molecule has 0 saturated heterocycles. The molecular formula is C32H33N3O6S. The lowest BCUT2D eigenvalue weighted by Crippen LogP contribution is -2.48. The SMILES string of the molecule is CSC1=CCC([C@H](O)C(CO)NC(=O)c2ccc3c(c2)n(CCC(=O)O)c(=O)n3Cc2cccc3ccccc23)C=C1. The van der Waals surface area contributed by atoms with Gasteiger partial charge >= 0.3 is 11.7 Å². The lowest BCUT2D eigenvalue weighted by molar-refractivity contribution is -0.137. The van der Waals surface area contributed by atoms with Gasteiger partial charge in [0.15, 0.2) is 0 Å². The van der Waals surface area contributed by atoms with Gasteiger partial charge in [-0.05, 0) is 47.2 Å². The van der Waals surface area contributed by atoms with Crippen LogP contribution in [0.25, 0.3) is 21.8 Å². The van der Waals surface area contributed by atoms with Crippen LogP contribution in [0.4, 0.5) is 0 Å². The highest BCUT2D eigenvalue weighted by molar-refractivity contribution is 8.02. The number of aliphatic hydroxyl groups excluding tert-OH is 2. The number of carboxylic acid groups (broad SMARTS) is 1. The van der Waals surface area contributed by atoms with Crippen molar-refractivity contribution in [2.45, 2.75) is 38.1 Å². The van der Waals surface area contributed by atoms with Crippen LogP contribution >= 0.6 is 11.8 Å². The molecule has 1 aromatic heterocycles. The van der Waals surface area contributed by atoms with Crippen molar-refractivity contribution in [3.8, 4) is 0 Å². The second kappa shape index (κ2) is 12.8. The van der Waals surface area contributed by atoms with E-state index in [2.05, 4.69) is 5.32 Å². The summed E-state index contributed by atoms with van der Waals surface area (Å²) in [5.74, 6) is -1.82. The number of aliphatic hydroxyl groups is 2. The topological polar surface area (TPSA) is 134 Å². The molecule has 10 heteroatoms. The van der Waals surface area contributed by atoms with Gasteiger partial charge in [0.1, 0.15) is 0 Å². The summed E-state index contributed by atoms with van der Waals surface area (Å²) < 4.78 is 2.97. The first-order valence-electron chi connectivity index (χ1n) is 13.7. The largest absolute Gasteiger partial charge is 0.481 e. The first kappa shape index (κ1) is 29.4. The molecule has 0 fully saturated rings. The zero-order chi connectivity index (χ0) is 29.8. The Morgan fingerprint density at radius 3 is 2.57 bits per heavy atom. The molecule has 4 aromatic rings. The fourth-order valence-corrected chi connectivity index (χ4v) is 5.93. The molecule has 1 heterocycles. The summed E-state index contributed by atoms with van der Waals surface area (Å²) in [6, 6.07) is 17.7. The summed E-state index contributed by atoms with van der Waals surface area (Å²) in [4.78, 5) is 39.4. The molecule has 0 bridgehead atoms. The first-order valence-corrected chi connectivity index (χ1v) is 15.0. The summed E-state index contributed by atoms with van der Waals surface area (Å²) in [5.41, 5.74) is 1.79. The minimum Gasteiger partial charge on any atom is -0.481 e. The fraction of sp³-hybridized carbons (Fsp3) is 0.281. The number of allylic oxidation sites excluding steroid dienone is 2. The van der Waals surface area contributed by atoms with Crippen molar-refractivity contribution >= 4 is 45.4 Å². The minimum absolute atomic E-state index is 0.0597. The number of carbonyl (C=O) groups is 2. The van der Waals surface area contributed by atoms with E-state index in [-0.39, 0.29) is 36.7 Å². The smallest absolute Gasteiger partial charge is 0.329 e. The monoisotopic (exact) mass is 587 g/mol. The lowest BCUT2D eigenvalue weighted by Gasteiger charge is -2.28. The number of hydrogen-bond acceptors (Lipinski definition) is 6. The van der Waals surface area contributed by atoms with Gasteiger partial charge in [0.25, 0.3) is 5.91 Å². The average Bonchev–Trinajstić information content (AvgIpc) is 3.27. The number of aryl methyl sites for hydroxylation is 1. The number of nitrogens with zero attached hydrogens (tertiary/aromatic N) is 2. The third-order valence-electron chi connectivity index (χ3n) is 7.74. The number of thioether (sulfide) groups is 1. The molecular weight excluding hydrogens is 554 g/mol. The van der Waals surface area contributed by atoms with E-state index in [0.29, 0.717) is 17.5 Å². The number of carbonyl (C=O) groups excluding carboxylic acids is 1. The third-order valence-corrected chi connectivity index (χ3v) is 8.51. The number of aliphatic carboxylic acids is 1. The van der Waals surface area contributed by atoms with E-state index in [1.54, 1.807) is 34.5 Å². The van der Waals surface area contributed by atoms with Crippen molar-refractivity contribution < 1.29 is 24.9 Å². The van der Waals surface area contributed by atoms with Gasteiger partial charge in [-0.3, -0.25) is 18.7 Å². The molecule has 42 heavy (non-hydrogen) atoms. The van der Waals surface area contributed by atoms with Gasteiger partial charge in [-0.25, -0.2) is 4.79 Å². The summed E-state index contributed by atoms with van der Waals surface area (Å²) in [6.45, 7) is -0.248. The molecule has 3 atom stereocenters. The maximum atomic E-state index is 13.6. The number of benzene rings is 3. The van der Waals surface area contributed by atoms with Gasteiger partial charge in [0.05, 0.1) is 42.8 Å². The quantitative estimate of drug-likeness (QED) is 0.210. The van der Waals surface area contributed by atoms with Gasteiger partial charge in [0, 0.05) is 22.9 Å². The van der Waals surface area contributed by atoms with Crippen LogP contribution in [0.3, 0.4) is 0 Å². The Labute approximate surface area is 246 Å². The highest BCUT2D eigenvalue weighted by Gasteiger charge is 2.28. The zero-order valence-corrected chi connectivity index (χ0v) is 24.0. The minimum atomic E-state index is -1.04. The second-order valence-electron chi connectivity index (χ2n) is 10.3. The maximum Gasteiger partial charge on any atom is 0.329 e. The molecule has 1 amide bonds. The highest BCUT2D eigenvalue weighted by atomic mass is 32.2. The van der Waals surface area contributed by atoms with Crippen LogP contribution in [0.15, 0.2) is 88.6 Å². The summed E-state index contributed by atoms with van der Waals surface area (Å²) in [7, 11) is 0. The molecule has 4 N–H and O–H groups in total. The van der Waals surface area contributed by atoms with Crippen LogP contribution in [0.2, 0.25) is 0 Å². The summed E-state index contributed by atoms with van der Waals surface area (Å²) >= 11 is 1.61. The van der Waals surface area contributed by atoms with Crippen LogP contribution in [0.5, 0.6) is 0 Å². The highest BCUT2D eigenvalue weighted by Crippen LogP contribution is 2.27. The van der Waals surface area contributed by atoms with Gasteiger partial charge < -0.3 is 20.6 Å². The van der Waals surface area contributed by atoms with Crippen LogP contribution in [-0.2, 0) is 17.9 Å². The molecule has 1 aliphatic rings. The summed E-state index contributed by atoms with van der Waals surface area (Å²) in [6.07, 6.45) is 7.12. The molecule has 0 aliphatic heterocycles. The number of hydrogen-bond donors (Lipinski definition) is 4. The first-order chi connectivity index (χ1) is 20.3. The van der Waals surface area contributed by atoms with E-state index in [9.17, 15) is 29.7 Å². The van der Waals surface area contributed by atoms with E-state index >= 15 is 0 Å². The molecule has 1 aliphatic carbocycles. The van der Waals surface area contributed by atoms with Crippen molar-refractivity contribution in [2.24, 2.45) is 5.92 Å². The number of nitrogens with one attached hydrogen (secondary N) is 1. The summed E-state index contributed by atoms with van der Waals surface area (Å²) in [5, 5.41) is 35.0. The van der Waals surface area contributed by atoms with E-state index in [1.165, 1.54) is 4.57 Å². The molecule has 0 radical (unpaired) electrons. The van der Waals surface area contributed by atoms with E-state index < -0.39 is 30.6 Å². The zero-order valence-electron chi connectivity index (χ0n) is 23.1. The lowest BCUT2D eigenvalue weighted by atomic mass is 9.90. The number of imidazole rings is 1. The van der Waals surface area contributed by atoms with Gasteiger partial charge in [-0.1, -0.05) is 60.7 Å². The van der Waals surface area contributed by atoms with Gasteiger partial charge in [0.2, 0.25) is 0 Å². The van der Waals surface area contributed by atoms with Gasteiger partial charge in [-0.15, -0.1) is 11.8 Å². The maximum absolute atomic E-state index is 13.6. The van der Waals surface area contributed by atoms with E-state index in [1.807, 2.05) is 66.9 Å². The van der Waals surface area contributed by atoms with Crippen LogP contribution in [-0.4, -0.2) is 61.3 Å². The molecule has 0 spiro atoms. The Bertz CT molecular complexity index is 1750. The van der Waals surface area contributed by atoms with Crippen molar-refractivity contribution in [1.82, 2.24) is 14.5 Å². The van der Waals surface area contributed by atoms with Crippen molar-refractivity contribution in [3.05, 3.63) is 105 Å². The molecule has 5 rings (SSSR count). The Morgan fingerprint density at radius 2 is 1.86 bits per heavy atom. The number of fused-ring (bicyclic) bond motifs is 2. The number of amides is 1. The van der Waals surface area contributed by atoms with Crippen molar-refractivity contribution in [3.63, 3.8) is 0 Å². The van der Waals surface area contributed by atoms with Crippen molar-refractivity contribution in [1.29, 1.82) is 0 Å². The van der Waals surface area contributed by atoms with E-state index in [0.717, 1.165) is 21.2 Å². The fourth-order valence-electron chi connectivity index (χ4n) is 5.45. The predicted molar refractivity (Wildman–Crippen MR) is 165 cm³/mol. The number of aromatic nitrogens is 2. The van der Waals surface area contributed by atoms with Crippen molar-refractivity contribution in [2.75, 3.05) is 12.9 Å². The Kier molecular flexibility index (Phi) is 8.96. The Balaban J connectivity index is 1.45. The molecule has 218 valence electrons. The Morgan fingerprint density at radius 1 is 1.07 bits per heavy atom. The number of rotatable bonds is 11. The van der Waals surface area contributed by atoms with Crippen LogP contribution in [0, 0.1) is 5.92 Å². The Hall–Kier alpha value is -4.12.